The fourth-order valence-corrected chi connectivity index (χ4v) is 2.39. The summed E-state index contributed by atoms with van der Waals surface area (Å²) in [4.78, 5) is 19.0. The van der Waals surface area contributed by atoms with Crippen LogP contribution in [0.4, 0.5) is 0 Å². The van der Waals surface area contributed by atoms with Crippen molar-refractivity contribution in [2.75, 3.05) is 20.1 Å². The second-order valence-electron chi connectivity index (χ2n) is 5.15. The third-order valence-electron chi connectivity index (χ3n) is 3.64. The SMILES string of the molecule is CCN(Cc1ccccn1)C(=O)c1ccccc1CCNC. The predicted octanol–water partition coefficient (Wildman–Crippen LogP) is 2.51. The average Bonchev–Trinajstić information content (AvgIpc) is 2.58. The molecule has 0 atom stereocenters. The minimum Gasteiger partial charge on any atom is -0.333 e. The number of rotatable bonds is 7. The molecule has 0 aliphatic heterocycles. The molecule has 1 heterocycles. The van der Waals surface area contributed by atoms with Crippen LogP contribution in [0.15, 0.2) is 48.7 Å². The van der Waals surface area contributed by atoms with E-state index in [1.54, 1.807) is 6.20 Å². The first-order valence-corrected chi connectivity index (χ1v) is 7.68. The lowest BCUT2D eigenvalue weighted by molar-refractivity contribution is 0.0749. The quantitative estimate of drug-likeness (QED) is 0.854. The maximum atomic E-state index is 12.8. The van der Waals surface area contributed by atoms with Crippen LogP contribution in [0.2, 0.25) is 0 Å². The number of hydrogen-bond acceptors (Lipinski definition) is 3. The van der Waals surface area contributed by atoms with E-state index in [9.17, 15) is 4.79 Å². The van der Waals surface area contributed by atoms with Gasteiger partial charge in [0.25, 0.3) is 5.91 Å². The van der Waals surface area contributed by atoms with Crippen molar-refractivity contribution < 1.29 is 4.79 Å². The topological polar surface area (TPSA) is 45.2 Å². The zero-order valence-electron chi connectivity index (χ0n) is 13.2. The first-order valence-electron chi connectivity index (χ1n) is 7.68. The summed E-state index contributed by atoms with van der Waals surface area (Å²) in [6.45, 7) is 4.06. The molecule has 0 radical (unpaired) electrons. The summed E-state index contributed by atoms with van der Waals surface area (Å²) in [5.41, 5.74) is 2.78. The molecule has 1 amide bonds. The summed E-state index contributed by atoms with van der Waals surface area (Å²) >= 11 is 0. The van der Waals surface area contributed by atoms with Crippen molar-refractivity contribution in [1.29, 1.82) is 0 Å². The molecular formula is C18H23N3O. The van der Waals surface area contributed by atoms with Crippen LogP contribution < -0.4 is 5.32 Å². The first-order chi connectivity index (χ1) is 10.8. The Bertz CT molecular complexity index is 598. The third-order valence-corrected chi connectivity index (χ3v) is 3.64. The van der Waals surface area contributed by atoms with E-state index in [-0.39, 0.29) is 5.91 Å². The minimum atomic E-state index is 0.0693. The van der Waals surface area contributed by atoms with Gasteiger partial charge in [-0.05, 0) is 50.7 Å². The number of carbonyl (C=O) groups excluding carboxylic acids is 1. The van der Waals surface area contributed by atoms with Crippen LogP contribution in [0.25, 0.3) is 0 Å². The Hall–Kier alpha value is -2.20. The maximum absolute atomic E-state index is 12.8. The van der Waals surface area contributed by atoms with Crippen molar-refractivity contribution in [3.63, 3.8) is 0 Å². The molecule has 0 aliphatic carbocycles. The summed E-state index contributed by atoms with van der Waals surface area (Å²) in [7, 11) is 1.92. The standard InChI is InChI=1S/C18H23N3O/c1-3-21(14-16-9-6-7-12-20-16)18(22)17-10-5-4-8-15(17)11-13-19-2/h4-10,12,19H,3,11,13-14H2,1-2H3. The Labute approximate surface area is 132 Å². The molecule has 1 aromatic carbocycles. The molecule has 116 valence electrons. The highest BCUT2D eigenvalue weighted by Gasteiger charge is 2.17. The molecule has 0 fully saturated rings. The number of nitrogens with zero attached hydrogens (tertiary/aromatic N) is 2. The zero-order chi connectivity index (χ0) is 15.8. The largest absolute Gasteiger partial charge is 0.333 e. The average molecular weight is 297 g/mol. The van der Waals surface area contributed by atoms with Crippen LogP contribution in [0, 0.1) is 0 Å². The first kappa shape index (κ1) is 16.2. The highest BCUT2D eigenvalue weighted by atomic mass is 16.2. The van der Waals surface area contributed by atoms with Crippen LogP contribution in [-0.2, 0) is 13.0 Å². The van der Waals surface area contributed by atoms with Crippen LogP contribution in [0.5, 0.6) is 0 Å². The van der Waals surface area contributed by atoms with Crippen LogP contribution in [-0.4, -0.2) is 35.9 Å². The fraction of sp³-hybridized carbons (Fsp3) is 0.333. The smallest absolute Gasteiger partial charge is 0.254 e. The number of aromatic nitrogens is 1. The molecule has 4 heteroatoms. The second kappa shape index (κ2) is 8.29. The van der Waals surface area contributed by atoms with Gasteiger partial charge in [-0.15, -0.1) is 0 Å². The molecule has 4 nitrogen and oxygen atoms in total. The van der Waals surface area contributed by atoms with Crippen molar-refractivity contribution >= 4 is 5.91 Å². The summed E-state index contributed by atoms with van der Waals surface area (Å²) in [6.07, 6.45) is 2.61. The van der Waals surface area contributed by atoms with Crippen molar-refractivity contribution in [2.45, 2.75) is 19.9 Å². The van der Waals surface area contributed by atoms with Gasteiger partial charge in [0, 0.05) is 18.3 Å². The van der Waals surface area contributed by atoms with Gasteiger partial charge in [0.05, 0.1) is 12.2 Å². The van der Waals surface area contributed by atoms with E-state index < -0.39 is 0 Å². The van der Waals surface area contributed by atoms with Gasteiger partial charge < -0.3 is 10.2 Å². The summed E-state index contributed by atoms with van der Waals surface area (Å²) in [6, 6.07) is 13.6. The monoisotopic (exact) mass is 297 g/mol. The van der Waals surface area contributed by atoms with E-state index >= 15 is 0 Å². The number of benzene rings is 1. The van der Waals surface area contributed by atoms with Crippen molar-refractivity contribution in [1.82, 2.24) is 15.2 Å². The van der Waals surface area contributed by atoms with Gasteiger partial charge in [-0.25, -0.2) is 0 Å². The van der Waals surface area contributed by atoms with Crippen LogP contribution >= 0.6 is 0 Å². The minimum absolute atomic E-state index is 0.0693. The third kappa shape index (κ3) is 4.15. The van der Waals surface area contributed by atoms with Crippen molar-refractivity contribution in [2.24, 2.45) is 0 Å². The molecule has 0 unspecified atom stereocenters. The molecule has 22 heavy (non-hydrogen) atoms. The number of likely N-dealkylation sites (N-methyl/N-ethyl adjacent to an activating group) is 1. The second-order valence-corrected chi connectivity index (χ2v) is 5.15. The number of pyridine rings is 1. The highest BCUT2D eigenvalue weighted by molar-refractivity contribution is 5.95. The molecule has 0 aliphatic rings. The highest BCUT2D eigenvalue weighted by Crippen LogP contribution is 2.14. The molecule has 0 bridgehead atoms. The van der Waals surface area contributed by atoms with Gasteiger partial charge in [0.2, 0.25) is 0 Å². The van der Waals surface area contributed by atoms with E-state index in [1.165, 1.54) is 0 Å². The van der Waals surface area contributed by atoms with Crippen molar-refractivity contribution in [3.05, 3.63) is 65.5 Å². The lowest BCUT2D eigenvalue weighted by Crippen LogP contribution is -2.31. The van der Waals surface area contributed by atoms with E-state index in [2.05, 4.69) is 10.3 Å². The van der Waals surface area contributed by atoms with Gasteiger partial charge in [0.1, 0.15) is 0 Å². The summed E-state index contributed by atoms with van der Waals surface area (Å²) in [5, 5.41) is 3.13. The number of amides is 1. The van der Waals surface area contributed by atoms with Gasteiger partial charge >= 0.3 is 0 Å². The Morgan fingerprint density at radius 3 is 2.64 bits per heavy atom. The number of carbonyl (C=O) groups is 1. The Balaban J connectivity index is 2.18. The van der Waals surface area contributed by atoms with Gasteiger partial charge in [-0.1, -0.05) is 24.3 Å². The van der Waals surface area contributed by atoms with E-state index in [0.717, 1.165) is 29.8 Å². The molecular weight excluding hydrogens is 274 g/mol. The van der Waals surface area contributed by atoms with Gasteiger partial charge in [-0.3, -0.25) is 9.78 Å². The summed E-state index contributed by atoms with van der Waals surface area (Å²) in [5.74, 6) is 0.0693. The van der Waals surface area contributed by atoms with E-state index in [1.807, 2.05) is 61.3 Å². The lowest BCUT2D eigenvalue weighted by Gasteiger charge is -2.22. The van der Waals surface area contributed by atoms with Crippen molar-refractivity contribution in [3.8, 4) is 0 Å². The molecule has 0 spiro atoms. The lowest BCUT2D eigenvalue weighted by atomic mass is 10.0. The molecule has 1 aromatic heterocycles. The molecule has 0 saturated carbocycles. The number of hydrogen-bond donors (Lipinski definition) is 1. The normalized spacial score (nSPS) is 10.5. The zero-order valence-corrected chi connectivity index (χ0v) is 13.2. The Morgan fingerprint density at radius 2 is 1.95 bits per heavy atom. The molecule has 0 saturated heterocycles. The Kier molecular flexibility index (Phi) is 6.10. The van der Waals surface area contributed by atoms with Gasteiger partial charge in [0.15, 0.2) is 0 Å². The maximum Gasteiger partial charge on any atom is 0.254 e. The fourth-order valence-electron chi connectivity index (χ4n) is 2.39. The van der Waals surface area contributed by atoms with Gasteiger partial charge in [-0.2, -0.15) is 0 Å². The molecule has 2 rings (SSSR count). The number of nitrogens with one attached hydrogen (secondary N) is 1. The summed E-state index contributed by atoms with van der Waals surface area (Å²) < 4.78 is 0. The van der Waals surface area contributed by atoms with Crippen LogP contribution in [0.3, 0.4) is 0 Å². The Morgan fingerprint density at radius 1 is 1.18 bits per heavy atom. The molecule has 1 N–H and O–H groups in total. The predicted molar refractivity (Wildman–Crippen MR) is 88.7 cm³/mol. The van der Waals surface area contributed by atoms with E-state index in [4.69, 9.17) is 0 Å². The van der Waals surface area contributed by atoms with Crippen LogP contribution in [0.1, 0.15) is 28.5 Å². The van der Waals surface area contributed by atoms with E-state index in [0.29, 0.717) is 13.1 Å². The molecule has 2 aromatic rings.